The van der Waals surface area contributed by atoms with Gasteiger partial charge >= 0.3 is 0 Å². The number of nitrogens with one attached hydrogen (secondary N) is 1. The van der Waals surface area contributed by atoms with Gasteiger partial charge in [0.1, 0.15) is 5.78 Å². The van der Waals surface area contributed by atoms with Gasteiger partial charge in [0.2, 0.25) is 5.91 Å². The molecule has 1 heterocycles. The number of Topliss-reactive ketones (excluding diaryl/α,β-unsaturated/α-hetero) is 1. The van der Waals surface area contributed by atoms with Crippen molar-refractivity contribution in [2.75, 3.05) is 13.1 Å². The number of nitrogens with zero attached hydrogens (tertiary/aromatic N) is 1. The molecule has 0 spiro atoms. The molecule has 0 radical (unpaired) electrons. The largest absolute Gasteiger partial charge is 0.356 e. The summed E-state index contributed by atoms with van der Waals surface area (Å²) in [5.74, 6) is 0.493. The molecule has 0 saturated carbocycles. The number of carbonyl (C=O) groups is 3. The number of carbonyl (C=O) groups excluding carboxylic acids is 3. The first-order valence-corrected chi connectivity index (χ1v) is 12.2. The van der Waals surface area contributed by atoms with E-state index in [1.807, 2.05) is 0 Å². The number of ketones is 1. The van der Waals surface area contributed by atoms with Gasteiger partial charge in [0.05, 0.1) is 0 Å². The molecule has 1 rings (SSSR count). The van der Waals surface area contributed by atoms with Gasteiger partial charge in [-0.15, -0.1) is 0 Å². The minimum Gasteiger partial charge on any atom is -0.356 e. The summed E-state index contributed by atoms with van der Waals surface area (Å²) in [6.45, 7) is 12.0. The lowest BCUT2D eigenvalue weighted by molar-refractivity contribution is -0.123. The minimum atomic E-state index is 0.00894. The molecular weight excluding hydrogens is 388 g/mol. The molecule has 31 heavy (non-hydrogen) atoms. The molecule has 176 valence electrons. The summed E-state index contributed by atoms with van der Waals surface area (Å²) in [7, 11) is 0. The Hall–Kier alpha value is -1.91. The van der Waals surface area contributed by atoms with Crippen LogP contribution in [0.3, 0.4) is 0 Å². The quantitative estimate of drug-likeness (QED) is 0.300. The first-order valence-electron chi connectivity index (χ1n) is 12.2. The number of rotatable bonds is 17. The van der Waals surface area contributed by atoms with Crippen LogP contribution in [0.4, 0.5) is 0 Å². The maximum absolute atomic E-state index is 12.0. The van der Waals surface area contributed by atoms with Crippen molar-refractivity contribution in [1.29, 1.82) is 0 Å². The average Bonchev–Trinajstić information content (AvgIpc) is 3.01. The molecule has 0 aromatic rings. The van der Waals surface area contributed by atoms with E-state index in [1.165, 1.54) is 6.42 Å². The molecule has 0 aromatic carbocycles. The highest BCUT2D eigenvalue weighted by Crippen LogP contribution is 2.21. The molecule has 0 aromatic heterocycles. The van der Waals surface area contributed by atoms with E-state index in [-0.39, 0.29) is 11.8 Å². The van der Waals surface area contributed by atoms with Gasteiger partial charge in [0, 0.05) is 44.1 Å². The Morgan fingerprint density at radius 1 is 0.871 bits per heavy atom. The number of hydrogen-bond donors (Lipinski definition) is 1. The van der Waals surface area contributed by atoms with Crippen molar-refractivity contribution in [3.8, 4) is 0 Å². The maximum Gasteiger partial charge on any atom is 0.251 e. The van der Waals surface area contributed by atoms with E-state index in [9.17, 15) is 14.4 Å². The van der Waals surface area contributed by atoms with Crippen molar-refractivity contribution >= 4 is 17.6 Å². The zero-order valence-corrected chi connectivity index (χ0v) is 20.1. The van der Waals surface area contributed by atoms with Crippen LogP contribution in [0.25, 0.3) is 0 Å². The summed E-state index contributed by atoms with van der Waals surface area (Å²) in [6, 6.07) is 0. The fourth-order valence-corrected chi connectivity index (χ4v) is 3.69. The average molecular weight is 433 g/mol. The topological polar surface area (TPSA) is 66.5 Å². The van der Waals surface area contributed by atoms with Crippen molar-refractivity contribution in [2.45, 2.75) is 104 Å². The predicted molar refractivity (Wildman–Crippen MR) is 127 cm³/mol. The molecule has 1 aliphatic heterocycles. The van der Waals surface area contributed by atoms with E-state index in [0.29, 0.717) is 37.0 Å². The lowest BCUT2D eigenvalue weighted by Gasteiger charge is -2.17. The summed E-state index contributed by atoms with van der Waals surface area (Å²) in [5, 5.41) is 3.01. The third kappa shape index (κ3) is 13.9. The third-order valence-corrected chi connectivity index (χ3v) is 5.65. The number of unbranched alkanes of at least 4 members (excludes halogenated alkanes) is 6. The molecule has 0 unspecified atom stereocenters. The standard InChI is InChI=1S/C26H44N2O3/c1-22-17-18-25(31)28(22)21-13-7-9-15-23(29)14-8-5-6-10-16-24(30)27-20-12-11-19-26(2,3)4/h17-18H,1,5-16,19-21H2,2-4H3,(H,27,30). The van der Waals surface area contributed by atoms with E-state index < -0.39 is 0 Å². The molecule has 0 fully saturated rings. The molecule has 0 saturated heterocycles. The van der Waals surface area contributed by atoms with Crippen LogP contribution in [0, 0.1) is 5.41 Å². The lowest BCUT2D eigenvalue weighted by Crippen LogP contribution is -2.24. The fourth-order valence-electron chi connectivity index (χ4n) is 3.69. The Morgan fingerprint density at radius 3 is 2.06 bits per heavy atom. The first kappa shape index (κ1) is 27.1. The van der Waals surface area contributed by atoms with Crippen LogP contribution < -0.4 is 5.32 Å². The minimum absolute atomic E-state index is 0.00894. The van der Waals surface area contributed by atoms with Crippen LogP contribution in [-0.4, -0.2) is 35.6 Å². The summed E-state index contributed by atoms with van der Waals surface area (Å²) in [6.07, 6.45) is 15.1. The number of allylic oxidation sites excluding steroid dienone is 1. The van der Waals surface area contributed by atoms with Crippen LogP contribution in [-0.2, 0) is 14.4 Å². The van der Waals surface area contributed by atoms with Gasteiger partial charge in [-0.05, 0) is 50.0 Å². The second kappa shape index (κ2) is 15.0. The van der Waals surface area contributed by atoms with Gasteiger partial charge in [-0.1, -0.05) is 53.0 Å². The monoisotopic (exact) mass is 432 g/mol. The van der Waals surface area contributed by atoms with Gasteiger partial charge in [-0.25, -0.2) is 0 Å². The Morgan fingerprint density at radius 2 is 1.48 bits per heavy atom. The Labute approximate surface area is 189 Å². The zero-order valence-electron chi connectivity index (χ0n) is 20.1. The number of amides is 2. The summed E-state index contributed by atoms with van der Waals surface area (Å²) in [4.78, 5) is 37.1. The molecule has 0 atom stereocenters. The second-order valence-electron chi connectivity index (χ2n) is 9.95. The number of hydrogen-bond acceptors (Lipinski definition) is 3. The van der Waals surface area contributed by atoms with Crippen molar-refractivity contribution in [3.05, 3.63) is 24.4 Å². The third-order valence-electron chi connectivity index (χ3n) is 5.65. The Bertz CT molecular complexity index is 599. The molecule has 0 aliphatic carbocycles. The van der Waals surface area contributed by atoms with Crippen molar-refractivity contribution < 1.29 is 14.4 Å². The van der Waals surface area contributed by atoms with Crippen LogP contribution in [0.1, 0.15) is 104 Å². The highest BCUT2D eigenvalue weighted by Gasteiger charge is 2.17. The molecule has 1 N–H and O–H groups in total. The smallest absolute Gasteiger partial charge is 0.251 e. The molecule has 5 heteroatoms. The predicted octanol–water partition coefficient (Wildman–Crippen LogP) is 5.70. The molecule has 1 aliphatic rings. The van der Waals surface area contributed by atoms with Crippen molar-refractivity contribution in [2.24, 2.45) is 5.41 Å². The highest BCUT2D eigenvalue weighted by atomic mass is 16.2. The molecule has 2 amide bonds. The van der Waals surface area contributed by atoms with E-state index in [4.69, 9.17) is 0 Å². The molecule has 0 bridgehead atoms. The normalized spacial score (nSPS) is 13.8. The SMILES string of the molecule is C=C1C=CC(=O)N1CCCCCC(=O)CCCCCCC(=O)NCCCCC(C)(C)C. The zero-order chi connectivity index (χ0) is 23.1. The lowest BCUT2D eigenvalue weighted by atomic mass is 9.90. The van der Waals surface area contributed by atoms with Gasteiger partial charge in [-0.2, -0.15) is 0 Å². The van der Waals surface area contributed by atoms with Gasteiger partial charge in [0.25, 0.3) is 5.91 Å². The molecule has 5 nitrogen and oxygen atoms in total. The summed E-state index contributed by atoms with van der Waals surface area (Å²) < 4.78 is 0. The van der Waals surface area contributed by atoms with Crippen LogP contribution in [0.15, 0.2) is 24.4 Å². The Balaban J connectivity index is 1.88. The van der Waals surface area contributed by atoms with Gasteiger partial charge in [0.15, 0.2) is 0 Å². The second-order valence-corrected chi connectivity index (χ2v) is 9.95. The Kier molecular flexibility index (Phi) is 13.1. The van der Waals surface area contributed by atoms with Gasteiger partial charge < -0.3 is 10.2 Å². The summed E-state index contributed by atoms with van der Waals surface area (Å²) >= 11 is 0. The van der Waals surface area contributed by atoms with Crippen LogP contribution in [0.2, 0.25) is 0 Å². The molecular formula is C26H44N2O3. The van der Waals surface area contributed by atoms with E-state index in [2.05, 4.69) is 32.7 Å². The van der Waals surface area contributed by atoms with Crippen molar-refractivity contribution in [1.82, 2.24) is 10.2 Å². The highest BCUT2D eigenvalue weighted by molar-refractivity contribution is 5.92. The van der Waals surface area contributed by atoms with Crippen molar-refractivity contribution in [3.63, 3.8) is 0 Å². The van der Waals surface area contributed by atoms with Crippen LogP contribution in [0.5, 0.6) is 0 Å². The first-order chi connectivity index (χ1) is 14.7. The van der Waals surface area contributed by atoms with Crippen LogP contribution >= 0.6 is 0 Å². The van der Waals surface area contributed by atoms with Gasteiger partial charge in [-0.3, -0.25) is 14.4 Å². The van der Waals surface area contributed by atoms with E-state index >= 15 is 0 Å². The summed E-state index contributed by atoms with van der Waals surface area (Å²) in [5.41, 5.74) is 1.13. The van der Waals surface area contributed by atoms with E-state index in [0.717, 1.165) is 70.0 Å². The van der Waals surface area contributed by atoms with E-state index in [1.54, 1.807) is 17.1 Å². The maximum atomic E-state index is 12.0. The fraction of sp³-hybridized carbons (Fsp3) is 0.731.